The van der Waals surface area contributed by atoms with Crippen LogP contribution in [0.4, 0.5) is 5.69 Å². The SMILES string of the molecule is CC[C@@H](Cl)[C@@H]1CNc2cc([O-])c3ccc(C(C)C)cc3c21. The second-order valence-corrected chi connectivity index (χ2v) is 6.77. The van der Waals surface area contributed by atoms with E-state index in [9.17, 15) is 5.11 Å². The highest BCUT2D eigenvalue weighted by atomic mass is 35.5. The fraction of sp³-hybridized carbons (Fsp3) is 0.444. The van der Waals surface area contributed by atoms with E-state index in [1.165, 1.54) is 11.1 Å². The van der Waals surface area contributed by atoms with Crippen molar-refractivity contribution in [1.82, 2.24) is 0 Å². The smallest absolute Gasteiger partial charge is 0.0419 e. The Balaban J connectivity index is 2.26. The molecule has 0 saturated carbocycles. The Morgan fingerprint density at radius 2 is 2.05 bits per heavy atom. The number of halogens is 1. The molecular formula is C18H21ClNO-. The first-order valence-corrected chi connectivity index (χ1v) is 8.12. The number of benzene rings is 2. The molecule has 1 heterocycles. The molecule has 0 spiro atoms. The zero-order valence-corrected chi connectivity index (χ0v) is 13.5. The van der Waals surface area contributed by atoms with E-state index in [1.807, 2.05) is 6.07 Å². The van der Waals surface area contributed by atoms with Crippen LogP contribution in [0.5, 0.6) is 5.75 Å². The van der Waals surface area contributed by atoms with Crippen molar-refractivity contribution in [1.29, 1.82) is 0 Å². The summed E-state index contributed by atoms with van der Waals surface area (Å²) in [6, 6.07) is 7.94. The number of anilines is 1. The third-order valence-electron chi connectivity index (χ3n) is 4.54. The van der Waals surface area contributed by atoms with Gasteiger partial charge in [0.15, 0.2) is 0 Å². The van der Waals surface area contributed by atoms with Gasteiger partial charge in [0.1, 0.15) is 0 Å². The molecule has 2 nitrogen and oxygen atoms in total. The quantitative estimate of drug-likeness (QED) is 0.843. The van der Waals surface area contributed by atoms with Crippen molar-refractivity contribution in [2.24, 2.45) is 0 Å². The van der Waals surface area contributed by atoms with Crippen molar-refractivity contribution in [2.75, 3.05) is 11.9 Å². The molecule has 2 atom stereocenters. The van der Waals surface area contributed by atoms with E-state index in [0.29, 0.717) is 5.92 Å². The van der Waals surface area contributed by atoms with Gasteiger partial charge in [-0.3, -0.25) is 0 Å². The Morgan fingerprint density at radius 1 is 1.29 bits per heavy atom. The van der Waals surface area contributed by atoms with Crippen LogP contribution in [0.15, 0.2) is 24.3 Å². The summed E-state index contributed by atoms with van der Waals surface area (Å²) in [5.41, 5.74) is 3.47. The molecule has 2 aromatic carbocycles. The van der Waals surface area contributed by atoms with Gasteiger partial charge < -0.3 is 10.4 Å². The van der Waals surface area contributed by atoms with E-state index in [1.54, 1.807) is 6.07 Å². The molecule has 3 rings (SSSR count). The summed E-state index contributed by atoms with van der Waals surface area (Å²) in [4.78, 5) is 0. The number of hydrogen-bond donors (Lipinski definition) is 1. The standard InChI is InChI=1S/C18H22ClNO/c1-4-15(19)14-9-20-16-8-17(21)12-6-5-11(10(2)3)7-13(12)18(14)16/h5-8,10,14-15,20-21H,4,9H2,1-3H3/p-1/t14-,15+/m0/s1. The molecule has 0 aliphatic carbocycles. The van der Waals surface area contributed by atoms with Gasteiger partial charge in [-0.25, -0.2) is 0 Å². The summed E-state index contributed by atoms with van der Waals surface area (Å²) in [5.74, 6) is 0.818. The Morgan fingerprint density at radius 3 is 2.71 bits per heavy atom. The predicted molar refractivity (Wildman–Crippen MR) is 88.6 cm³/mol. The lowest BCUT2D eigenvalue weighted by molar-refractivity contribution is -0.265. The highest BCUT2D eigenvalue weighted by Gasteiger charge is 2.29. The summed E-state index contributed by atoms with van der Waals surface area (Å²) >= 11 is 6.52. The van der Waals surface area contributed by atoms with Crippen LogP contribution in [-0.2, 0) is 0 Å². The van der Waals surface area contributed by atoms with Crippen molar-refractivity contribution >= 4 is 28.1 Å². The highest BCUT2D eigenvalue weighted by Crippen LogP contribution is 2.44. The largest absolute Gasteiger partial charge is 0.872 e. The first-order chi connectivity index (χ1) is 10.0. The van der Waals surface area contributed by atoms with E-state index >= 15 is 0 Å². The Bertz CT molecular complexity index is 680. The lowest BCUT2D eigenvalue weighted by Crippen LogP contribution is -2.14. The van der Waals surface area contributed by atoms with Crippen LogP contribution in [0.3, 0.4) is 0 Å². The summed E-state index contributed by atoms with van der Waals surface area (Å²) in [6.07, 6.45) is 0.928. The van der Waals surface area contributed by atoms with Crippen molar-refractivity contribution < 1.29 is 5.11 Å². The maximum atomic E-state index is 12.3. The molecule has 3 heteroatoms. The number of fused-ring (bicyclic) bond motifs is 3. The van der Waals surface area contributed by atoms with Crippen molar-refractivity contribution in [2.45, 2.75) is 44.4 Å². The molecule has 0 fully saturated rings. The lowest BCUT2D eigenvalue weighted by atomic mass is 9.89. The second kappa shape index (κ2) is 5.42. The topological polar surface area (TPSA) is 35.1 Å². The number of hydrogen-bond acceptors (Lipinski definition) is 2. The number of alkyl halides is 1. The molecule has 1 aliphatic rings. The second-order valence-electron chi connectivity index (χ2n) is 6.21. The van der Waals surface area contributed by atoms with Gasteiger partial charge in [0.2, 0.25) is 0 Å². The number of nitrogens with one attached hydrogen (secondary N) is 1. The average molecular weight is 303 g/mol. The molecule has 0 bridgehead atoms. The zero-order valence-electron chi connectivity index (χ0n) is 12.7. The molecule has 1 aliphatic heterocycles. The van der Waals surface area contributed by atoms with Gasteiger partial charge >= 0.3 is 0 Å². The van der Waals surface area contributed by atoms with Crippen LogP contribution in [0.25, 0.3) is 10.8 Å². The minimum atomic E-state index is 0.0924. The van der Waals surface area contributed by atoms with Crippen molar-refractivity contribution in [3.8, 4) is 5.75 Å². The highest BCUT2D eigenvalue weighted by molar-refractivity contribution is 6.21. The summed E-state index contributed by atoms with van der Waals surface area (Å²) in [7, 11) is 0. The van der Waals surface area contributed by atoms with Crippen LogP contribution >= 0.6 is 11.6 Å². The lowest BCUT2D eigenvalue weighted by Gasteiger charge is -2.21. The fourth-order valence-corrected chi connectivity index (χ4v) is 3.47. The minimum Gasteiger partial charge on any atom is -0.872 e. The normalized spacial score (nSPS) is 18.8. The monoisotopic (exact) mass is 302 g/mol. The zero-order chi connectivity index (χ0) is 15.1. The molecule has 0 aromatic heterocycles. The van der Waals surface area contributed by atoms with Gasteiger partial charge in [-0.2, -0.15) is 0 Å². The minimum absolute atomic E-state index is 0.0924. The fourth-order valence-electron chi connectivity index (χ4n) is 3.25. The Hall–Kier alpha value is -1.41. The van der Waals surface area contributed by atoms with E-state index < -0.39 is 0 Å². The van der Waals surface area contributed by atoms with Gasteiger partial charge in [0.05, 0.1) is 0 Å². The maximum absolute atomic E-state index is 12.3. The molecule has 0 saturated heterocycles. The maximum Gasteiger partial charge on any atom is 0.0419 e. The molecule has 21 heavy (non-hydrogen) atoms. The van der Waals surface area contributed by atoms with Crippen LogP contribution in [-0.4, -0.2) is 11.9 Å². The Labute approximate surface area is 131 Å². The van der Waals surface area contributed by atoms with Crippen LogP contribution < -0.4 is 10.4 Å². The van der Waals surface area contributed by atoms with Gasteiger partial charge in [0, 0.05) is 23.5 Å². The summed E-state index contributed by atoms with van der Waals surface area (Å²) < 4.78 is 0. The summed E-state index contributed by atoms with van der Waals surface area (Å²) in [5, 5.41) is 17.6. The predicted octanol–water partition coefficient (Wildman–Crippen LogP) is 4.56. The van der Waals surface area contributed by atoms with E-state index in [2.05, 4.69) is 38.2 Å². The van der Waals surface area contributed by atoms with Gasteiger partial charge in [0.25, 0.3) is 0 Å². The van der Waals surface area contributed by atoms with Crippen LogP contribution in [0, 0.1) is 0 Å². The molecular weight excluding hydrogens is 282 g/mol. The van der Waals surface area contributed by atoms with Crippen LogP contribution in [0.2, 0.25) is 0 Å². The third-order valence-corrected chi connectivity index (χ3v) is 5.15. The van der Waals surface area contributed by atoms with Gasteiger partial charge in [-0.15, -0.1) is 11.6 Å². The van der Waals surface area contributed by atoms with Gasteiger partial charge in [-0.1, -0.05) is 44.7 Å². The first-order valence-electron chi connectivity index (χ1n) is 7.68. The Kier molecular flexibility index (Phi) is 3.75. The third kappa shape index (κ3) is 2.36. The molecule has 0 unspecified atom stereocenters. The molecule has 0 amide bonds. The molecule has 2 aromatic rings. The first kappa shape index (κ1) is 14.5. The average Bonchev–Trinajstić information content (AvgIpc) is 2.89. The number of rotatable bonds is 3. The summed E-state index contributed by atoms with van der Waals surface area (Å²) in [6.45, 7) is 7.28. The van der Waals surface area contributed by atoms with Crippen LogP contribution in [0.1, 0.15) is 50.2 Å². The van der Waals surface area contributed by atoms with E-state index in [0.717, 1.165) is 29.4 Å². The molecule has 0 radical (unpaired) electrons. The molecule has 112 valence electrons. The van der Waals surface area contributed by atoms with E-state index in [-0.39, 0.29) is 17.0 Å². The van der Waals surface area contributed by atoms with E-state index in [4.69, 9.17) is 11.6 Å². The van der Waals surface area contributed by atoms with Gasteiger partial charge in [-0.05, 0) is 40.3 Å². The molecule has 1 N–H and O–H groups in total. The van der Waals surface area contributed by atoms with Crippen molar-refractivity contribution in [3.63, 3.8) is 0 Å². The van der Waals surface area contributed by atoms with Crippen molar-refractivity contribution in [3.05, 3.63) is 35.4 Å².